The molecule has 1 saturated heterocycles. The normalized spacial score (nSPS) is 18.5. The van der Waals surface area contributed by atoms with Gasteiger partial charge in [-0.2, -0.15) is 0 Å². The zero-order chi connectivity index (χ0) is 19.6. The molecule has 3 aromatic rings. The maximum absolute atomic E-state index is 13.0. The van der Waals surface area contributed by atoms with Crippen molar-refractivity contribution in [2.45, 2.75) is 31.7 Å². The van der Waals surface area contributed by atoms with Crippen LogP contribution in [0.5, 0.6) is 0 Å². The number of carbonyl (C=O) groups excluding carboxylic acids is 1. The fourth-order valence-electron chi connectivity index (χ4n) is 4.62. The van der Waals surface area contributed by atoms with Crippen molar-refractivity contribution < 1.29 is 9.53 Å². The number of nitrogens with zero attached hydrogens (tertiary/aromatic N) is 1. The second-order valence-corrected chi connectivity index (χ2v) is 8.92. The number of fused-ring (bicyclic) bond motifs is 3. The Labute approximate surface area is 175 Å². The smallest absolute Gasteiger partial charge is 0.251 e. The number of rotatable bonds is 5. The Morgan fingerprint density at radius 1 is 1.21 bits per heavy atom. The Morgan fingerprint density at radius 3 is 2.90 bits per heavy atom. The minimum atomic E-state index is 0.00692. The molecule has 0 radical (unpaired) electrons. The summed E-state index contributed by atoms with van der Waals surface area (Å²) in [7, 11) is 0. The van der Waals surface area contributed by atoms with Gasteiger partial charge in [0, 0.05) is 46.7 Å². The molecule has 0 unspecified atom stereocenters. The molecule has 152 valence electrons. The predicted octanol–water partition coefficient (Wildman–Crippen LogP) is 3.91. The second-order valence-electron chi connectivity index (χ2n) is 7.94. The molecule has 1 aliphatic carbocycles. The molecule has 1 atom stereocenters. The lowest BCUT2D eigenvalue weighted by Gasteiger charge is -2.34. The average molecular weight is 410 g/mol. The number of nitrogens with one attached hydrogen (secondary N) is 2. The molecule has 0 bridgehead atoms. The van der Waals surface area contributed by atoms with E-state index in [2.05, 4.69) is 44.8 Å². The number of benzene rings is 1. The Balaban J connectivity index is 1.33. The standard InChI is InChI=1S/C23H27N3O2S/c27-23(16-7-8-20-18(14-16)17-4-1-2-5-19(17)25-20)24-15-21(22-6-3-13-29-22)26-9-11-28-12-10-26/h3,6-8,13-14,21,25H,1-2,4-5,9-12,15H2,(H,24,27)/t21-/m0/s1. The molecule has 0 spiro atoms. The number of hydrogen-bond donors (Lipinski definition) is 2. The van der Waals surface area contributed by atoms with Crippen LogP contribution in [0, 0.1) is 0 Å². The Kier molecular flexibility index (Phi) is 5.40. The number of H-pyrrole nitrogens is 1. The van der Waals surface area contributed by atoms with Crippen LogP contribution in [0.3, 0.4) is 0 Å². The van der Waals surface area contributed by atoms with E-state index in [0.29, 0.717) is 6.54 Å². The summed E-state index contributed by atoms with van der Waals surface area (Å²) in [5, 5.41) is 6.52. The van der Waals surface area contributed by atoms with E-state index in [0.717, 1.165) is 50.2 Å². The summed E-state index contributed by atoms with van der Waals surface area (Å²) in [5.41, 5.74) is 4.66. The van der Waals surface area contributed by atoms with Gasteiger partial charge >= 0.3 is 0 Å². The van der Waals surface area contributed by atoms with Crippen LogP contribution in [0.15, 0.2) is 35.7 Å². The summed E-state index contributed by atoms with van der Waals surface area (Å²) in [6, 6.07) is 10.5. The molecule has 5 nitrogen and oxygen atoms in total. The van der Waals surface area contributed by atoms with Gasteiger partial charge in [0.2, 0.25) is 0 Å². The van der Waals surface area contributed by atoms with Gasteiger partial charge in [-0.1, -0.05) is 6.07 Å². The maximum atomic E-state index is 13.0. The van der Waals surface area contributed by atoms with E-state index in [1.54, 1.807) is 11.3 Å². The predicted molar refractivity (Wildman–Crippen MR) is 117 cm³/mol. The molecule has 1 fully saturated rings. The highest BCUT2D eigenvalue weighted by molar-refractivity contribution is 7.10. The van der Waals surface area contributed by atoms with Crippen molar-refractivity contribution in [1.82, 2.24) is 15.2 Å². The van der Waals surface area contributed by atoms with Gasteiger partial charge in [0.05, 0.1) is 19.3 Å². The Morgan fingerprint density at radius 2 is 2.07 bits per heavy atom. The van der Waals surface area contributed by atoms with Gasteiger partial charge in [-0.05, 0) is 60.9 Å². The van der Waals surface area contributed by atoms with Crippen LogP contribution < -0.4 is 5.32 Å². The number of aromatic amines is 1. The van der Waals surface area contributed by atoms with Crippen molar-refractivity contribution in [3.63, 3.8) is 0 Å². The Hall–Kier alpha value is -2.15. The van der Waals surface area contributed by atoms with Crippen molar-refractivity contribution in [3.05, 3.63) is 57.4 Å². The number of amides is 1. The number of morpholine rings is 1. The van der Waals surface area contributed by atoms with E-state index in [1.165, 1.54) is 34.4 Å². The van der Waals surface area contributed by atoms with Crippen molar-refractivity contribution in [2.24, 2.45) is 0 Å². The van der Waals surface area contributed by atoms with Crippen molar-refractivity contribution in [3.8, 4) is 0 Å². The van der Waals surface area contributed by atoms with Gasteiger partial charge in [0.25, 0.3) is 5.91 Å². The third kappa shape index (κ3) is 3.84. The number of aryl methyl sites for hydroxylation is 2. The van der Waals surface area contributed by atoms with Crippen LogP contribution in [-0.2, 0) is 17.6 Å². The minimum absolute atomic E-state index is 0.00692. The van der Waals surface area contributed by atoms with Gasteiger partial charge in [-0.15, -0.1) is 11.3 Å². The topological polar surface area (TPSA) is 57.4 Å². The second kappa shape index (κ2) is 8.30. The Bertz CT molecular complexity index is 989. The molecule has 3 heterocycles. The van der Waals surface area contributed by atoms with E-state index in [-0.39, 0.29) is 11.9 Å². The number of hydrogen-bond acceptors (Lipinski definition) is 4. The summed E-state index contributed by atoms with van der Waals surface area (Å²) in [4.78, 5) is 20.2. The first kappa shape index (κ1) is 18.9. The molecule has 29 heavy (non-hydrogen) atoms. The fourth-order valence-corrected chi connectivity index (χ4v) is 5.48. The highest BCUT2D eigenvalue weighted by Gasteiger charge is 2.24. The van der Waals surface area contributed by atoms with Crippen LogP contribution in [0.1, 0.15) is 45.4 Å². The first-order valence-electron chi connectivity index (χ1n) is 10.6. The van der Waals surface area contributed by atoms with Crippen LogP contribution in [0.25, 0.3) is 10.9 Å². The van der Waals surface area contributed by atoms with Gasteiger partial charge in [-0.3, -0.25) is 9.69 Å². The highest BCUT2D eigenvalue weighted by Crippen LogP contribution is 2.30. The largest absolute Gasteiger partial charge is 0.379 e. The van der Waals surface area contributed by atoms with E-state index in [1.807, 2.05) is 6.07 Å². The molecule has 2 N–H and O–H groups in total. The lowest BCUT2D eigenvalue weighted by molar-refractivity contribution is 0.0169. The van der Waals surface area contributed by atoms with Crippen molar-refractivity contribution in [2.75, 3.05) is 32.8 Å². The molecule has 0 saturated carbocycles. The summed E-state index contributed by atoms with van der Waals surface area (Å²) in [6.45, 7) is 3.93. The number of ether oxygens (including phenoxy) is 1. The lowest BCUT2D eigenvalue weighted by Crippen LogP contribution is -2.43. The summed E-state index contributed by atoms with van der Waals surface area (Å²) < 4.78 is 5.51. The number of carbonyl (C=O) groups is 1. The first-order chi connectivity index (χ1) is 14.3. The van der Waals surface area contributed by atoms with E-state index in [4.69, 9.17) is 4.74 Å². The highest BCUT2D eigenvalue weighted by atomic mass is 32.1. The SMILES string of the molecule is O=C(NC[C@@H](c1cccs1)N1CCOCC1)c1ccc2[nH]c3c(c2c1)CCCC3. The summed E-state index contributed by atoms with van der Waals surface area (Å²) in [6.07, 6.45) is 4.71. The quantitative estimate of drug-likeness (QED) is 0.672. The zero-order valence-electron chi connectivity index (χ0n) is 16.6. The molecule has 6 heteroatoms. The first-order valence-corrected chi connectivity index (χ1v) is 11.4. The number of thiophene rings is 1. The molecule has 1 amide bonds. The third-order valence-electron chi connectivity index (χ3n) is 6.17. The third-order valence-corrected chi connectivity index (χ3v) is 7.15. The summed E-state index contributed by atoms with van der Waals surface area (Å²) >= 11 is 1.75. The van der Waals surface area contributed by atoms with Crippen molar-refractivity contribution in [1.29, 1.82) is 0 Å². The fraction of sp³-hybridized carbons (Fsp3) is 0.435. The minimum Gasteiger partial charge on any atom is -0.379 e. The molecule has 1 aromatic carbocycles. The van der Waals surface area contributed by atoms with Gasteiger partial charge in [-0.25, -0.2) is 0 Å². The van der Waals surface area contributed by atoms with E-state index in [9.17, 15) is 4.79 Å². The summed E-state index contributed by atoms with van der Waals surface area (Å²) in [5.74, 6) is 0.00692. The number of aromatic nitrogens is 1. The van der Waals surface area contributed by atoms with E-state index >= 15 is 0 Å². The molecular formula is C23H27N3O2S. The van der Waals surface area contributed by atoms with Crippen LogP contribution in [0.4, 0.5) is 0 Å². The molecular weight excluding hydrogens is 382 g/mol. The molecule has 2 aliphatic rings. The van der Waals surface area contributed by atoms with Crippen LogP contribution >= 0.6 is 11.3 Å². The van der Waals surface area contributed by atoms with Gasteiger partial charge in [0.15, 0.2) is 0 Å². The lowest BCUT2D eigenvalue weighted by atomic mass is 9.95. The molecule has 2 aromatic heterocycles. The van der Waals surface area contributed by atoms with Crippen LogP contribution in [-0.4, -0.2) is 48.6 Å². The van der Waals surface area contributed by atoms with Gasteiger partial charge < -0.3 is 15.0 Å². The van der Waals surface area contributed by atoms with E-state index < -0.39 is 0 Å². The van der Waals surface area contributed by atoms with Crippen LogP contribution in [0.2, 0.25) is 0 Å². The monoisotopic (exact) mass is 409 g/mol. The maximum Gasteiger partial charge on any atom is 0.251 e. The average Bonchev–Trinajstić information content (AvgIpc) is 3.42. The molecule has 1 aliphatic heterocycles. The zero-order valence-corrected chi connectivity index (χ0v) is 17.4. The van der Waals surface area contributed by atoms with Gasteiger partial charge in [0.1, 0.15) is 0 Å². The molecule has 5 rings (SSSR count). The van der Waals surface area contributed by atoms with Crippen molar-refractivity contribution >= 4 is 28.1 Å².